The number of imidazole rings is 1. The molecule has 0 aliphatic rings. The molecule has 0 fully saturated rings. The first-order valence-electron chi connectivity index (χ1n) is 11.7. The summed E-state index contributed by atoms with van der Waals surface area (Å²) in [5, 5.41) is 17.7. The summed E-state index contributed by atoms with van der Waals surface area (Å²) in [6.07, 6.45) is 3.92. The summed E-state index contributed by atoms with van der Waals surface area (Å²) in [6, 6.07) is 22.7. The topological polar surface area (TPSA) is 79.2 Å². The van der Waals surface area contributed by atoms with Crippen LogP contribution in [0.15, 0.2) is 85.2 Å². The van der Waals surface area contributed by atoms with Gasteiger partial charge in [0.2, 0.25) is 5.91 Å². The summed E-state index contributed by atoms with van der Waals surface area (Å²) in [7, 11) is 0. The number of aliphatic hydroxyl groups is 1. The van der Waals surface area contributed by atoms with E-state index in [-0.39, 0.29) is 37.1 Å². The molecule has 1 amide bonds. The van der Waals surface area contributed by atoms with E-state index < -0.39 is 6.10 Å². The summed E-state index contributed by atoms with van der Waals surface area (Å²) in [5.41, 5.74) is 3.64. The summed E-state index contributed by atoms with van der Waals surface area (Å²) in [5.74, 6) is 0.493. The molecule has 0 saturated carbocycles. The second-order valence-corrected chi connectivity index (χ2v) is 9.35. The lowest BCUT2D eigenvalue weighted by Crippen LogP contribution is -2.23. The van der Waals surface area contributed by atoms with E-state index in [1.807, 2.05) is 71.4 Å². The van der Waals surface area contributed by atoms with E-state index in [1.54, 1.807) is 18.3 Å². The van der Waals surface area contributed by atoms with Gasteiger partial charge in [-0.05, 0) is 60.0 Å². The highest BCUT2D eigenvalue weighted by Gasteiger charge is 2.12. The number of rotatable bonds is 11. The monoisotopic (exact) mass is 594 g/mol. The third kappa shape index (κ3) is 9.31. The maximum absolute atomic E-state index is 12.6. The van der Waals surface area contributed by atoms with Gasteiger partial charge in [0.25, 0.3) is 0 Å². The van der Waals surface area contributed by atoms with Gasteiger partial charge in [-0.25, -0.2) is 4.98 Å². The molecule has 0 bridgehead atoms. The van der Waals surface area contributed by atoms with Crippen LogP contribution in [0.25, 0.3) is 0 Å². The molecule has 3 aromatic carbocycles. The van der Waals surface area contributed by atoms with Crippen LogP contribution in [0.4, 0.5) is 5.69 Å². The van der Waals surface area contributed by atoms with E-state index in [0.717, 1.165) is 35.3 Å². The van der Waals surface area contributed by atoms with Crippen LogP contribution in [-0.2, 0) is 24.2 Å². The van der Waals surface area contributed by atoms with Gasteiger partial charge in [-0.2, -0.15) is 0 Å². The van der Waals surface area contributed by atoms with Gasteiger partial charge in [0, 0.05) is 34.7 Å². The molecule has 0 unspecified atom stereocenters. The highest BCUT2D eigenvalue weighted by molar-refractivity contribution is 6.33. The molecule has 202 valence electrons. The number of aliphatic hydroxyl groups excluding tert-OH is 1. The number of nitrogens with one attached hydrogen (secondary N) is 2. The van der Waals surface area contributed by atoms with Crippen LogP contribution in [0, 0.1) is 0 Å². The minimum Gasteiger partial charge on any atom is -0.387 e. The predicted molar refractivity (Wildman–Crippen MR) is 159 cm³/mol. The van der Waals surface area contributed by atoms with Crippen LogP contribution < -0.4 is 10.6 Å². The van der Waals surface area contributed by atoms with E-state index in [9.17, 15) is 9.90 Å². The van der Waals surface area contributed by atoms with Crippen molar-refractivity contribution in [2.75, 3.05) is 18.4 Å². The Morgan fingerprint density at radius 2 is 1.74 bits per heavy atom. The first-order valence-corrected chi connectivity index (χ1v) is 12.5. The number of hydrogen-bond acceptors (Lipinski definition) is 4. The molecule has 38 heavy (non-hydrogen) atoms. The number of carbonyl (C=O) groups is 1. The Kier molecular flexibility index (Phi) is 13.1. The van der Waals surface area contributed by atoms with Gasteiger partial charge in [-0.15, -0.1) is 24.8 Å². The molecule has 3 N–H and O–H groups in total. The van der Waals surface area contributed by atoms with Gasteiger partial charge in [0.15, 0.2) is 0 Å². The van der Waals surface area contributed by atoms with Crippen LogP contribution in [0.1, 0.15) is 28.6 Å². The third-order valence-corrected chi connectivity index (χ3v) is 6.42. The lowest BCUT2D eigenvalue weighted by molar-refractivity contribution is -0.115. The van der Waals surface area contributed by atoms with Crippen molar-refractivity contribution in [1.82, 2.24) is 14.9 Å². The number of benzene rings is 3. The minimum atomic E-state index is -0.526. The van der Waals surface area contributed by atoms with E-state index in [2.05, 4.69) is 15.6 Å². The summed E-state index contributed by atoms with van der Waals surface area (Å²) in [6.45, 7) is 1.72. The number of hydrogen-bond donors (Lipinski definition) is 3. The quantitative estimate of drug-likeness (QED) is 0.182. The van der Waals surface area contributed by atoms with Gasteiger partial charge in [0.05, 0.1) is 19.1 Å². The SMILES string of the molecule is Cl.Cl.O=C(Cc1nccn1Cc1cc(Cl)ccc1Cl)Nc1ccc(CCNC[C@H](O)c2ccccc2)cc1. The number of nitrogens with zero attached hydrogens (tertiary/aromatic N) is 2. The van der Waals surface area contributed by atoms with Crippen molar-refractivity contribution in [2.45, 2.75) is 25.5 Å². The van der Waals surface area contributed by atoms with Gasteiger partial charge >= 0.3 is 0 Å². The number of halogens is 4. The molecule has 0 spiro atoms. The molecule has 4 aromatic rings. The number of amides is 1. The molecule has 10 heteroatoms. The second-order valence-electron chi connectivity index (χ2n) is 8.51. The van der Waals surface area contributed by atoms with Crippen LogP contribution in [0.2, 0.25) is 10.0 Å². The van der Waals surface area contributed by atoms with Crippen molar-refractivity contribution in [1.29, 1.82) is 0 Å². The Hall–Kier alpha value is -2.58. The fourth-order valence-electron chi connectivity index (χ4n) is 3.87. The maximum Gasteiger partial charge on any atom is 0.231 e. The number of aromatic nitrogens is 2. The summed E-state index contributed by atoms with van der Waals surface area (Å²) < 4.78 is 1.89. The third-order valence-electron chi connectivity index (χ3n) is 5.82. The molecule has 1 aromatic heterocycles. The highest BCUT2D eigenvalue weighted by Crippen LogP contribution is 2.22. The molecular weight excluding hydrogens is 566 g/mol. The van der Waals surface area contributed by atoms with Crippen molar-refractivity contribution >= 4 is 59.6 Å². The molecule has 0 aliphatic heterocycles. The smallest absolute Gasteiger partial charge is 0.231 e. The fourth-order valence-corrected chi connectivity index (χ4v) is 4.24. The van der Waals surface area contributed by atoms with Crippen LogP contribution in [0.5, 0.6) is 0 Å². The molecule has 1 atom stereocenters. The molecule has 4 rings (SSSR count). The zero-order chi connectivity index (χ0) is 25.3. The number of anilines is 1. The Bertz CT molecular complexity index is 1280. The fraction of sp³-hybridized carbons (Fsp3) is 0.214. The number of carbonyl (C=O) groups excluding carboxylic acids is 1. The predicted octanol–water partition coefficient (Wildman–Crippen LogP) is 6.13. The molecule has 1 heterocycles. The highest BCUT2D eigenvalue weighted by atomic mass is 35.5. The van der Waals surface area contributed by atoms with Crippen LogP contribution >= 0.6 is 48.0 Å². The standard InChI is InChI=1S/C28H28Cl2N4O2.2ClH/c29-23-8-11-25(30)22(16-23)19-34-15-14-32-27(34)17-28(36)33-24-9-6-20(7-10-24)12-13-31-18-26(35)21-4-2-1-3-5-21;;/h1-11,14-16,26,31,35H,12-13,17-19H2,(H,33,36);2*1H/t26-;;/m0../s1. The zero-order valence-electron chi connectivity index (χ0n) is 20.5. The van der Waals surface area contributed by atoms with Gasteiger partial charge in [0.1, 0.15) is 5.82 Å². The van der Waals surface area contributed by atoms with E-state index in [4.69, 9.17) is 23.2 Å². The van der Waals surface area contributed by atoms with Crippen molar-refractivity contribution in [2.24, 2.45) is 0 Å². The van der Waals surface area contributed by atoms with Crippen molar-refractivity contribution in [3.63, 3.8) is 0 Å². The second kappa shape index (κ2) is 15.7. The van der Waals surface area contributed by atoms with Gasteiger partial charge in [-0.1, -0.05) is 65.7 Å². The normalized spacial score (nSPS) is 11.2. The zero-order valence-corrected chi connectivity index (χ0v) is 23.7. The molecule has 0 radical (unpaired) electrons. The van der Waals surface area contributed by atoms with E-state index in [0.29, 0.717) is 29.0 Å². The maximum atomic E-state index is 12.6. The first kappa shape index (κ1) is 31.6. The van der Waals surface area contributed by atoms with Crippen molar-refractivity contribution < 1.29 is 9.90 Å². The van der Waals surface area contributed by atoms with Crippen molar-refractivity contribution in [3.05, 3.63) is 118 Å². The average molecular weight is 596 g/mol. The summed E-state index contributed by atoms with van der Waals surface area (Å²) >= 11 is 12.4. The first-order chi connectivity index (χ1) is 17.5. The Balaban J connectivity index is 0.00000253. The minimum absolute atomic E-state index is 0. The average Bonchev–Trinajstić information content (AvgIpc) is 3.31. The molecule has 0 saturated heterocycles. The van der Waals surface area contributed by atoms with Crippen molar-refractivity contribution in [3.8, 4) is 0 Å². The van der Waals surface area contributed by atoms with Crippen LogP contribution in [-0.4, -0.2) is 33.7 Å². The molecule has 0 aliphatic carbocycles. The van der Waals surface area contributed by atoms with E-state index in [1.165, 1.54) is 0 Å². The Morgan fingerprint density at radius 3 is 2.47 bits per heavy atom. The largest absolute Gasteiger partial charge is 0.387 e. The Labute approximate surface area is 245 Å². The van der Waals surface area contributed by atoms with Gasteiger partial charge < -0.3 is 20.3 Å². The van der Waals surface area contributed by atoms with E-state index >= 15 is 0 Å². The summed E-state index contributed by atoms with van der Waals surface area (Å²) in [4.78, 5) is 17.0. The Morgan fingerprint density at radius 1 is 1.00 bits per heavy atom. The lowest BCUT2D eigenvalue weighted by atomic mass is 10.1. The van der Waals surface area contributed by atoms with Crippen LogP contribution in [0.3, 0.4) is 0 Å². The lowest BCUT2D eigenvalue weighted by Gasteiger charge is -2.12. The van der Waals surface area contributed by atoms with Gasteiger partial charge in [-0.3, -0.25) is 4.79 Å². The molecular formula is C28H30Cl4N4O2. The molecule has 6 nitrogen and oxygen atoms in total.